The van der Waals surface area contributed by atoms with Crippen molar-refractivity contribution in [3.8, 4) is 5.75 Å². The molecule has 0 fully saturated rings. The lowest BCUT2D eigenvalue weighted by molar-refractivity contribution is -0.111. The van der Waals surface area contributed by atoms with Crippen molar-refractivity contribution in [2.75, 3.05) is 5.32 Å². The Morgan fingerprint density at radius 2 is 1.77 bits per heavy atom. The van der Waals surface area contributed by atoms with Crippen molar-refractivity contribution in [3.05, 3.63) is 65.2 Å². The summed E-state index contributed by atoms with van der Waals surface area (Å²) >= 11 is 0. The normalized spacial score (nSPS) is 10.6. The van der Waals surface area contributed by atoms with Gasteiger partial charge in [0, 0.05) is 11.8 Å². The van der Waals surface area contributed by atoms with E-state index in [1.807, 2.05) is 0 Å². The van der Waals surface area contributed by atoms with Gasteiger partial charge in [-0.1, -0.05) is 18.2 Å². The zero-order chi connectivity index (χ0) is 16.1. The average molecular weight is 297 g/mol. The second-order valence-electron chi connectivity index (χ2n) is 4.75. The quantitative estimate of drug-likeness (QED) is 0.757. The summed E-state index contributed by atoms with van der Waals surface area (Å²) in [4.78, 5) is 22.8. The molecule has 112 valence electrons. The molecule has 0 saturated carbocycles. The number of carbonyl (C=O) groups excluding carboxylic acids is 1. The summed E-state index contributed by atoms with van der Waals surface area (Å²) in [6, 6.07) is 11.0. The van der Waals surface area contributed by atoms with E-state index in [-0.39, 0.29) is 17.2 Å². The van der Waals surface area contributed by atoms with Crippen molar-refractivity contribution in [2.45, 2.75) is 6.92 Å². The highest BCUT2D eigenvalue weighted by atomic mass is 16.4. The van der Waals surface area contributed by atoms with Crippen LogP contribution < -0.4 is 5.32 Å². The van der Waals surface area contributed by atoms with Crippen LogP contribution in [0.1, 0.15) is 21.5 Å². The third-order valence-corrected chi connectivity index (χ3v) is 3.06. The molecule has 0 bridgehead atoms. The molecule has 0 saturated heterocycles. The van der Waals surface area contributed by atoms with Gasteiger partial charge in [-0.25, -0.2) is 4.79 Å². The molecule has 2 aromatic rings. The van der Waals surface area contributed by atoms with Gasteiger partial charge >= 0.3 is 5.97 Å². The second kappa shape index (κ2) is 6.58. The van der Waals surface area contributed by atoms with Crippen LogP contribution in [0.2, 0.25) is 0 Å². The van der Waals surface area contributed by atoms with E-state index in [0.717, 1.165) is 11.1 Å². The summed E-state index contributed by atoms with van der Waals surface area (Å²) in [5.74, 6) is -1.25. The Labute approximate surface area is 127 Å². The van der Waals surface area contributed by atoms with Crippen molar-refractivity contribution >= 4 is 23.6 Å². The molecular formula is C17H15NO4. The van der Waals surface area contributed by atoms with Crippen molar-refractivity contribution < 1.29 is 19.8 Å². The van der Waals surface area contributed by atoms with Gasteiger partial charge < -0.3 is 15.5 Å². The molecule has 0 aromatic heterocycles. The maximum Gasteiger partial charge on any atom is 0.335 e. The van der Waals surface area contributed by atoms with Crippen molar-refractivity contribution in [1.82, 2.24) is 0 Å². The average Bonchev–Trinajstić information content (AvgIpc) is 2.48. The predicted octanol–water partition coefficient (Wildman–Crippen LogP) is 3.05. The lowest BCUT2D eigenvalue weighted by Gasteiger charge is -2.07. The number of hydrogen-bond donors (Lipinski definition) is 3. The number of aryl methyl sites for hydroxylation is 1. The molecule has 0 atom stereocenters. The predicted molar refractivity (Wildman–Crippen MR) is 83.9 cm³/mol. The minimum atomic E-state index is -1.05. The third kappa shape index (κ3) is 3.96. The van der Waals surface area contributed by atoms with E-state index in [9.17, 15) is 14.7 Å². The Balaban J connectivity index is 2.10. The summed E-state index contributed by atoms with van der Waals surface area (Å²) in [5, 5.41) is 20.8. The van der Waals surface area contributed by atoms with Gasteiger partial charge in [0.25, 0.3) is 0 Å². The van der Waals surface area contributed by atoms with Gasteiger partial charge in [0.1, 0.15) is 5.75 Å². The number of aromatic hydroxyl groups is 1. The van der Waals surface area contributed by atoms with Gasteiger partial charge in [0.2, 0.25) is 5.91 Å². The maximum absolute atomic E-state index is 11.9. The number of carboxylic acid groups (broad SMARTS) is 1. The van der Waals surface area contributed by atoms with Crippen LogP contribution in [0.4, 0.5) is 5.69 Å². The first-order valence-corrected chi connectivity index (χ1v) is 6.58. The molecule has 3 N–H and O–H groups in total. The van der Waals surface area contributed by atoms with Gasteiger partial charge in [-0.15, -0.1) is 0 Å². The number of amides is 1. The second-order valence-corrected chi connectivity index (χ2v) is 4.75. The number of phenolic OH excluding ortho intramolecular Hbond substituents is 1. The van der Waals surface area contributed by atoms with E-state index >= 15 is 0 Å². The molecule has 1 amide bonds. The number of phenols is 1. The zero-order valence-electron chi connectivity index (χ0n) is 11.9. The highest BCUT2D eigenvalue weighted by Crippen LogP contribution is 2.17. The standard InChI is InChI=1S/C17H15NO4/c1-11-2-6-13(17(21)22)10-15(11)18-16(20)9-5-12-3-7-14(19)8-4-12/h2-10,19H,1H3,(H,18,20)(H,21,22)/b9-5+. The molecule has 2 aromatic carbocycles. The molecule has 0 aliphatic heterocycles. The van der Waals surface area contributed by atoms with Gasteiger partial charge in [-0.05, 0) is 48.4 Å². The summed E-state index contributed by atoms with van der Waals surface area (Å²) in [5.41, 5.74) is 2.11. The lowest BCUT2D eigenvalue weighted by Crippen LogP contribution is -2.10. The van der Waals surface area contributed by atoms with E-state index in [1.54, 1.807) is 31.2 Å². The Hall–Kier alpha value is -3.08. The van der Waals surface area contributed by atoms with Gasteiger partial charge in [0.05, 0.1) is 5.56 Å². The minimum absolute atomic E-state index is 0.114. The highest BCUT2D eigenvalue weighted by molar-refractivity contribution is 6.03. The largest absolute Gasteiger partial charge is 0.508 e. The van der Waals surface area contributed by atoms with E-state index < -0.39 is 5.97 Å². The highest BCUT2D eigenvalue weighted by Gasteiger charge is 2.07. The number of nitrogens with one attached hydrogen (secondary N) is 1. The third-order valence-electron chi connectivity index (χ3n) is 3.06. The summed E-state index contributed by atoms with van der Waals surface area (Å²) in [6.45, 7) is 1.78. The molecule has 0 aliphatic carbocycles. The Morgan fingerprint density at radius 3 is 2.41 bits per heavy atom. The Bertz CT molecular complexity index is 733. The fourth-order valence-corrected chi connectivity index (χ4v) is 1.82. The van der Waals surface area contributed by atoms with Crippen LogP contribution >= 0.6 is 0 Å². The SMILES string of the molecule is Cc1ccc(C(=O)O)cc1NC(=O)/C=C/c1ccc(O)cc1. The van der Waals surface area contributed by atoms with E-state index in [2.05, 4.69) is 5.32 Å². The van der Waals surface area contributed by atoms with Crippen LogP contribution in [0.15, 0.2) is 48.5 Å². The number of carbonyl (C=O) groups is 2. The van der Waals surface area contributed by atoms with Gasteiger partial charge in [-0.3, -0.25) is 4.79 Å². The minimum Gasteiger partial charge on any atom is -0.508 e. The summed E-state index contributed by atoms with van der Waals surface area (Å²) in [7, 11) is 0. The van der Waals surface area contributed by atoms with Gasteiger partial charge in [-0.2, -0.15) is 0 Å². The molecule has 5 nitrogen and oxygen atoms in total. The number of rotatable bonds is 4. The molecule has 0 unspecified atom stereocenters. The fraction of sp³-hybridized carbons (Fsp3) is 0.0588. The maximum atomic E-state index is 11.9. The molecule has 2 rings (SSSR count). The van der Waals surface area contributed by atoms with Crippen molar-refractivity contribution in [1.29, 1.82) is 0 Å². The fourth-order valence-electron chi connectivity index (χ4n) is 1.82. The number of anilines is 1. The topological polar surface area (TPSA) is 86.6 Å². The molecule has 22 heavy (non-hydrogen) atoms. The summed E-state index contributed by atoms with van der Waals surface area (Å²) < 4.78 is 0. The van der Waals surface area contributed by atoms with Crippen LogP contribution in [0.5, 0.6) is 5.75 Å². The Morgan fingerprint density at radius 1 is 1.09 bits per heavy atom. The van der Waals surface area contributed by atoms with Crippen molar-refractivity contribution in [2.24, 2.45) is 0 Å². The number of benzene rings is 2. The zero-order valence-corrected chi connectivity index (χ0v) is 11.9. The van der Waals surface area contributed by atoms with Crippen LogP contribution in [0.25, 0.3) is 6.08 Å². The van der Waals surface area contributed by atoms with E-state index in [4.69, 9.17) is 5.11 Å². The summed E-state index contributed by atoms with van der Waals surface area (Å²) in [6.07, 6.45) is 2.95. The van der Waals surface area contributed by atoms with Crippen LogP contribution in [0.3, 0.4) is 0 Å². The molecule has 0 spiro atoms. The number of hydrogen-bond acceptors (Lipinski definition) is 3. The first kappa shape index (κ1) is 15.3. The molecule has 0 radical (unpaired) electrons. The Kier molecular flexibility index (Phi) is 4.58. The van der Waals surface area contributed by atoms with Crippen LogP contribution in [-0.4, -0.2) is 22.1 Å². The van der Waals surface area contributed by atoms with Crippen LogP contribution in [-0.2, 0) is 4.79 Å². The number of aromatic carboxylic acids is 1. The van der Waals surface area contributed by atoms with Gasteiger partial charge in [0.15, 0.2) is 0 Å². The van der Waals surface area contributed by atoms with E-state index in [1.165, 1.54) is 30.3 Å². The lowest BCUT2D eigenvalue weighted by atomic mass is 10.1. The number of carboxylic acids is 1. The smallest absolute Gasteiger partial charge is 0.335 e. The first-order chi connectivity index (χ1) is 10.5. The van der Waals surface area contributed by atoms with E-state index in [0.29, 0.717) is 5.69 Å². The molecule has 0 heterocycles. The molecular weight excluding hydrogens is 282 g/mol. The first-order valence-electron chi connectivity index (χ1n) is 6.58. The molecule has 5 heteroatoms. The van der Waals surface area contributed by atoms with Crippen LogP contribution in [0, 0.1) is 6.92 Å². The molecule has 0 aliphatic rings. The van der Waals surface area contributed by atoms with Crippen molar-refractivity contribution in [3.63, 3.8) is 0 Å². The monoisotopic (exact) mass is 297 g/mol.